The van der Waals surface area contributed by atoms with Gasteiger partial charge in [0.1, 0.15) is 0 Å². The van der Waals surface area contributed by atoms with Crippen LogP contribution in [0, 0.1) is 23.0 Å². The summed E-state index contributed by atoms with van der Waals surface area (Å²) in [4.78, 5) is 11.3. The van der Waals surface area contributed by atoms with Gasteiger partial charge in [0.05, 0.1) is 5.92 Å². The van der Waals surface area contributed by atoms with Crippen LogP contribution in [0.3, 0.4) is 0 Å². The van der Waals surface area contributed by atoms with Crippen molar-refractivity contribution in [2.75, 3.05) is 0 Å². The highest BCUT2D eigenvalue weighted by atomic mass is 19.2. The predicted octanol–water partition coefficient (Wildman–Crippen LogP) is 3.96. The molecule has 0 spiro atoms. The zero-order valence-electron chi connectivity index (χ0n) is 11.1. The van der Waals surface area contributed by atoms with Gasteiger partial charge in [-0.1, -0.05) is 19.9 Å². The van der Waals surface area contributed by atoms with Gasteiger partial charge >= 0.3 is 5.97 Å². The fourth-order valence-electron chi connectivity index (χ4n) is 2.98. The molecule has 2 unspecified atom stereocenters. The van der Waals surface area contributed by atoms with E-state index in [1.807, 2.05) is 0 Å². The summed E-state index contributed by atoms with van der Waals surface area (Å²) >= 11 is 0. The summed E-state index contributed by atoms with van der Waals surface area (Å²) in [5.74, 6) is -3.44. The molecule has 1 saturated carbocycles. The van der Waals surface area contributed by atoms with Crippen LogP contribution in [0.2, 0.25) is 0 Å². The van der Waals surface area contributed by atoms with Crippen LogP contribution in [0.25, 0.3) is 0 Å². The Morgan fingerprint density at radius 2 is 2.00 bits per heavy atom. The second-order valence-corrected chi connectivity index (χ2v) is 6.13. The minimum absolute atomic E-state index is 0.0292. The summed E-state index contributed by atoms with van der Waals surface area (Å²) in [5, 5.41) is 9.30. The maximum atomic E-state index is 13.3. The number of aliphatic carboxylic acids is 1. The van der Waals surface area contributed by atoms with Gasteiger partial charge < -0.3 is 5.11 Å². The lowest BCUT2D eigenvalue weighted by molar-refractivity contribution is -0.144. The summed E-state index contributed by atoms with van der Waals surface area (Å²) in [6, 6.07) is 3.71. The van der Waals surface area contributed by atoms with E-state index in [9.17, 15) is 18.7 Å². The highest BCUT2D eigenvalue weighted by Gasteiger charge is 2.39. The van der Waals surface area contributed by atoms with Gasteiger partial charge in [0.2, 0.25) is 0 Å². The van der Waals surface area contributed by atoms with Gasteiger partial charge in [0.15, 0.2) is 11.6 Å². The van der Waals surface area contributed by atoms with E-state index in [-0.39, 0.29) is 11.3 Å². The van der Waals surface area contributed by atoms with Gasteiger partial charge in [0.25, 0.3) is 0 Å². The van der Waals surface area contributed by atoms with Gasteiger partial charge in [-0.25, -0.2) is 8.78 Å². The number of halogens is 2. The molecule has 0 aromatic heterocycles. The van der Waals surface area contributed by atoms with Crippen LogP contribution in [0.4, 0.5) is 8.78 Å². The first-order valence-corrected chi connectivity index (χ1v) is 6.48. The average molecular weight is 268 g/mol. The molecule has 0 heterocycles. The second kappa shape index (κ2) is 4.91. The maximum Gasteiger partial charge on any atom is 0.307 e. The molecule has 1 fully saturated rings. The minimum atomic E-state index is -0.912. The van der Waals surface area contributed by atoms with Gasteiger partial charge in [-0.3, -0.25) is 4.79 Å². The van der Waals surface area contributed by atoms with Crippen molar-refractivity contribution in [2.45, 2.75) is 39.0 Å². The standard InChI is InChI=1S/C15H18F2O2/c1-15(2)6-5-10(14(18)19)11(8-15)9-3-4-12(16)13(17)7-9/h3-4,7,10-11H,5-6,8H2,1-2H3,(H,18,19). The molecule has 1 aliphatic carbocycles. The van der Waals surface area contributed by atoms with Crippen molar-refractivity contribution in [3.05, 3.63) is 35.4 Å². The number of benzene rings is 1. The van der Waals surface area contributed by atoms with E-state index < -0.39 is 23.5 Å². The fraction of sp³-hybridized carbons (Fsp3) is 0.533. The lowest BCUT2D eigenvalue weighted by atomic mass is 9.65. The molecule has 2 rings (SSSR count). The number of carbonyl (C=O) groups is 1. The zero-order valence-corrected chi connectivity index (χ0v) is 11.1. The molecule has 1 aromatic carbocycles. The molecule has 0 radical (unpaired) electrons. The molecule has 0 amide bonds. The molecule has 19 heavy (non-hydrogen) atoms. The second-order valence-electron chi connectivity index (χ2n) is 6.13. The normalized spacial score (nSPS) is 26.1. The van der Waals surface area contributed by atoms with Gasteiger partial charge in [0, 0.05) is 0 Å². The zero-order chi connectivity index (χ0) is 14.2. The van der Waals surface area contributed by atoms with E-state index in [1.54, 1.807) is 0 Å². The average Bonchev–Trinajstić information content (AvgIpc) is 2.31. The van der Waals surface area contributed by atoms with Crippen molar-refractivity contribution in [3.8, 4) is 0 Å². The van der Waals surface area contributed by atoms with Crippen LogP contribution < -0.4 is 0 Å². The Morgan fingerprint density at radius 3 is 2.58 bits per heavy atom. The van der Waals surface area contributed by atoms with Gasteiger partial charge in [-0.15, -0.1) is 0 Å². The predicted molar refractivity (Wildman–Crippen MR) is 67.9 cm³/mol. The summed E-state index contributed by atoms with van der Waals surface area (Å²) in [6.45, 7) is 4.16. The summed E-state index contributed by atoms with van der Waals surface area (Å²) < 4.78 is 26.3. The maximum absolute atomic E-state index is 13.3. The van der Waals surface area contributed by atoms with E-state index in [0.717, 1.165) is 18.6 Å². The lowest BCUT2D eigenvalue weighted by Crippen LogP contribution is -2.33. The van der Waals surface area contributed by atoms with E-state index in [4.69, 9.17) is 0 Å². The Labute approximate surface area is 111 Å². The number of hydrogen-bond donors (Lipinski definition) is 1. The van der Waals surface area contributed by atoms with Crippen molar-refractivity contribution < 1.29 is 18.7 Å². The highest BCUT2D eigenvalue weighted by molar-refractivity contribution is 5.71. The smallest absolute Gasteiger partial charge is 0.307 e. The Bertz CT molecular complexity index is 497. The van der Waals surface area contributed by atoms with Gasteiger partial charge in [-0.2, -0.15) is 0 Å². The van der Waals surface area contributed by atoms with Crippen LogP contribution >= 0.6 is 0 Å². The Kier molecular flexibility index (Phi) is 3.61. The molecule has 2 atom stereocenters. The first-order valence-electron chi connectivity index (χ1n) is 6.48. The molecule has 0 bridgehead atoms. The molecule has 1 N–H and O–H groups in total. The molecule has 4 heteroatoms. The first-order chi connectivity index (χ1) is 8.80. The quantitative estimate of drug-likeness (QED) is 0.881. The number of carboxylic acid groups (broad SMARTS) is 1. The summed E-state index contributed by atoms with van der Waals surface area (Å²) in [7, 11) is 0. The molecule has 2 nitrogen and oxygen atoms in total. The highest BCUT2D eigenvalue weighted by Crippen LogP contribution is 2.46. The fourth-order valence-corrected chi connectivity index (χ4v) is 2.98. The first kappa shape index (κ1) is 14.0. The molecular formula is C15H18F2O2. The van der Waals surface area contributed by atoms with E-state index >= 15 is 0 Å². The Hall–Kier alpha value is -1.45. The molecule has 104 valence electrons. The third kappa shape index (κ3) is 2.94. The molecule has 1 aromatic rings. The summed E-state index contributed by atoms with van der Waals surface area (Å²) in [5.41, 5.74) is 0.612. The summed E-state index contributed by atoms with van der Waals surface area (Å²) in [6.07, 6.45) is 2.09. The largest absolute Gasteiger partial charge is 0.481 e. The van der Waals surface area contributed by atoms with Crippen LogP contribution in [0.15, 0.2) is 18.2 Å². The van der Waals surface area contributed by atoms with Crippen molar-refractivity contribution >= 4 is 5.97 Å². The molecule has 0 aliphatic heterocycles. The Balaban J connectivity index is 2.36. The van der Waals surface area contributed by atoms with Crippen LogP contribution in [0.1, 0.15) is 44.6 Å². The molecule has 1 aliphatic rings. The SMILES string of the molecule is CC1(C)CCC(C(=O)O)C(c2ccc(F)c(F)c2)C1. The third-order valence-corrected chi connectivity index (χ3v) is 4.08. The van der Waals surface area contributed by atoms with Crippen LogP contribution in [-0.2, 0) is 4.79 Å². The number of carboxylic acids is 1. The lowest BCUT2D eigenvalue weighted by Gasteiger charge is -2.39. The van der Waals surface area contributed by atoms with Crippen molar-refractivity contribution in [1.82, 2.24) is 0 Å². The number of rotatable bonds is 2. The third-order valence-electron chi connectivity index (χ3n) is 4.08. The minimum Gasteiger partial charge on any atom is -0.481 e. The van der Waals surface area contributed by atoms with Crippen molar-refractivity contribution in [3.63, 3.8) is 0 Å². The van der Waals surface area contributed by atoms with Crippen molar-refractivity contribution in [2.24, 2.45) is 11.3 Å². The van der Waals surface area contributed by atoms with Crippen LogP contribution in [-0.4, -0.2) is 11.1 Å². The van der Waals surface area contributed by atoms with E-state index in [2.05, 4.69) is 13.8 Å². The Morgan fingerprint density at radius 1 is 1.32 bits per heavy atom. The van der Waals surface area contributed by atoms with Crippen molar-refractivity contribution in [1.29, 1.82) is 0 Å². The molecule has 0 saturated heterocycles. The molecular weight excluding hydrogens is 250 g/mol. The van der Waals surface area contributed by atoms with E-state index in [0.29, 0.717) is 18.4 Å². The van der Waals surface area contributed by atoms with Gasteiger partial charge in [-0.05, 0) is 48.3 Å². The monoisotopic (exact) mass is 268 g/mol. The topological polar surface area (TPSA) is 37.3 Å². The number of hydrogen-bond acceptors (Lipinski definition) is 1. The van der Waals surface area contributed by atoms with Crippen LogP contribution in [0.5, 0.6) is 0 Å². The van der Waals surface area contributed by atoms with E-state index in [1.165, 1.54) is 6.07 Å².